The number of halogens is 1. The lowest BCUT2D eigenvalue weighted by molar-refractivity contribution is 0.174. The number of rotatable bonds is 3. The SMILES string of the molecule is CNC(c1occc1Br)C1CCOC1. The van der Waals surface area contributed by atoms with Crippen molar-refractivity contribution in [1.29, 1.82) is 0 Å². The zero-order chi connectivity index (χ0) is 9.97. The van der Waals surface area contributed by atoms with Gasteiger partial charge < -0.3 is 14.5 Å². The van der Waals surface area contributed by atoms with Gasteiger partial charge in [0.15, 0.2) is 0 Å². The smallest absolute Gasteiger partial charge is 0.135 e. The quantitative estimate of drug-likeness (QED) is 0.905. The Morgan fingerprint density at radius 3 is 3.00 bits per heavy atom. The molecule has 0 aliphatic carbocycles. The number of hydrogen-bond donors (Lipinski definition) is 1. The second-order valence-corrected chi connectivity index (χ2v) is 4.38. The highest BCUT2D eigenvalue weighted by atomic mass is 79.9. The van der Waals surface area contributed by atoms with Gasteiger partial charge in [0, 0.05) is 12.5 Å². The topological polar surface area (TPSA) is 34.4 Å². The Morgan fingerprint density at radius 1 is 1.64 bits per heavy atom. The summed E-state index contributed by atoms with van der Waals surface area (Å²) in [6.45, 7) is 1.68. The van der Waals surface area contributed by atoms with Crippen molar-refractivity contribution in [1.82, 2.24) is 5.32 Å². The van der Waals surface area contributed by atoms with E-state index in [1.54, 1.807) is 6.26 Å². The third-order valence-electron chi connectivity index (χ3n) is 2.67. The van der Waals surface area contributed by atoms with Crippen LogP contribution in [0, 0.1) is 5.92 Å². The molecule has 1 aromatic heterocycles. The lowest BCUT2D eigenvalue weighted by Crippen LogP contribution is -2.25. The van der Waals surface area contributed by atoms with E-state index in [4.69, 9.17) is 9.15 Å². The summed E-state index contributed by atoms with van der Waals surface area (Å²) in [5.74, 6) is 1.49. The monoisotopic (exact) mass is 259 g/mol. The zero-order valence-electron chi connectivity index (χ0n) is 8.13. The molecule has 0 amide bonds. The lowest BCUT2D eigenvalue weighted by atomic mass is 9.97. The molecule has 2 atom stereocenters. The maximum absolute atomic E-state index is 5.46. The maximum Gasteiger partial charge on any atom is 0.135 e. The standard InChI is InChI=1S/C10H14BrNO2/c1-12-9(7-2-4-13-6-7)10-8(11)3-5-14-10/h3,5,7,9,12H,2,4,6H2,1H3. The van der Waals surface area contributed by atoms with E-state index in [0.29, 0.717) is 5.92 Å². The average molecular weight is 260 g/mol. The van der Waals surface area contributed by atoms with Gasteiger partial charge in [-0.25, -0.2) is 0 Å². The molecule has 0 aromatic carbocycles. The van der Waals surface area contributed by atoms with Crippen molar-refractivity contribution in [3.63, 3.8) is 0 Å². The van der Waals surface area contributed by atoms with E-state index in [0.717, 1.165) is 29.9 Å². The predicted molar refractivity (Wildman–Crippen MR) is 57.1 cm³/mol. The minimum absolute atomic E-state index is 0.252. The third kappa shape index (κ3) is 1.87. The normalized spacial score (nSPS) is 24.0. The van der Waals surface area contributed by atoms with Gasteiger partial charge in [-0.15, -0.1) is 0 Å². The molecule has 1 fully saturated rings. The Bertz CT molecular complexity index is 294. The molecule has 1 N–H and O–H groups in total. The van der Waals surface area contributed by atoms with Crippen molar-refractivity contribution in [3.05, 3.63) is 22.6 Å². The average Bonchev–Trinajstić information content (AvgIpc) is 2.80. The van der Waals surface area contributed by atoms with Gasteiger partial charge in [0.05, 0.1) is 23.4 Å². The Morgan fingerprint density at radius 2 is 2.50 bits per heavy atom. The second kappa shape index (κ2) is 4.47. The van der Waals surface area contributed by atoms with Gasteiger partial charge in [0.25, 0.3) is 0 Å². The molecule has 0 saturated carbocycles. The van der Waals surface area contributed by atoms with E-state index in [1.165, 1.54) is 0 Å². The van der Waals surface area contributed by atoms with Crippen molar-refractivity contribution in [2.75, 3.05) is 20.3 Å². The molecule has 14 heavy (non-hydrogen) atoms. The Labute approximate surface area is 91.9 Å². The van der Waals surface area contributed by atoms with Crippen LogP contribution in [0.5, 0.6) is 0 Å². The van der Waals surface area contributed by atoms with Crippen LogP contribution in [-0.4, -0.2) is 20.3 Å². The first kappa shape index (κ1) is 10.2. The Hall–Kier alpha value is -0.320. The van der Waals surface area contributed by atoms with Gasteiger partial charge in [-0.3, -0.25) is 0 Å². The first-order valence-corrected chi connectivity index (χ1v) is 5.60. The lowest BCUT2D eigenvalue weighted by Gasteiger charge is -2.19. The molecule has 2 rings (SSSR count). The van der Waals surface area contributed by atoms with Crippen molar-refractivity contribution >= 4 is 15.9 Å². The summed E-state index contributed by atoms with van der Waals surface area (Å²) in [5.41, 5.74) is 0. The van der Waals surface area contributed by atoms with Gasteiger partial charge >= 0.3 is 0 Å². The van der Waals surface area contributed by atoms with Crippen LogP contribution in [0.15, 0.2) is 21.2 Å². The summed E-state index contributed by atoms with van der Waals surface area (Å²) in [7, 11) is 1.96. The van der Waals surface area contributed by atoms with E-state index in [2.05, 4.69) is 21.2 Å². The van der Waals surface area contributed by atoms with Gasteiger partial charge in [0.1, 0.15) is 5.76 Å². The summed E-state index contributed by atoms with van der Waals surface area (Å²) >= 11 is 3.48. The minimum atomic E-state index is 0.252. The third-order valence-corrected chi connectivity index (χ3v) is 3.33. The summed E-state index contributed by atoms with van der Waals surface area (Å²) in [6, 6.07) is 2.18. The Balaban J connectivity index is 2.16. The highest BCUT2D eigenvalue weighted by Crippen LogP contribution is 2.33. The molecule has 1 aliphatic rings. The number of furan rings is 1. The zero-order valence-corrected chi connectivity index (χ0v) is 9.71. The van der Waals surface area contributed by atoms with Crippen LogP contribution in [-0.2, 0) is 4.74 Å². The molecule has 1 aliphatic heterocycles. The molecular formula is C10H14BrNO2. The summed E-state index contributed by atoms with van der Waals surface area (Å²) in [6.07, 6.45) is 2.80. The minimum Gasteiger partial charge on any atom is -0.466 e. The van der Waals surface area contributed by atoms with E-state index < -0.39 is 0 Å². The van der Waals surface area contributed by atoms with Gasteiger partial charge in [-0.2, -0.15) is 0 Å². The Kier molecular flexibility index (Phi) is 3.26. The summed E-state index contributed by atoms with van der Waals surface area (Å²) in [5, 5.41) is 3.28. The molecule has 0 bridgehead atoms. The molecule has 1 saturated heterocycles. The first-order chi connectivity index (χ1) is 6.83. The largest absolute Gasteiger partial charge is 0.466 e. The van der Waals surface area contributed by atoms with Gasteiger partial charge in [-0.05, 0) is 35.5 Å². The fraction of sp³-hybridized carbons (Fsp3) is 0.600. The highest BCUT2D eigenvalue weighted by Gasteiger charge is 2.29. The molecule has 0 spiro atoms. The van der Waals surface area contributed by atoms with Crippen LogP contribution in [0.3, 0.4) is 0 Å². The molecular weight excluding hydrogens is 246 g/mol. The van der Waals surface area contributed by atoms with Gasteiger partial charge in [0.2, 0.25) is 0 Å². The number of hydrogen-bond acceptors (Lipinski definition) is 3. The second-order valence-electron chi connectivity index (χ2n) is 3.52. The molecule has 78 valence electrons. The number of nitrogens with one attached hydrogen (secondary N) is 1. The van der Waals surface area contributed by atoms with Crippen LogP contribution >= 0.6 is 15.9 Å². The molecule has 3 nitrogen and oxygen atoms in total. The van der Waals surface area contributed by atoms with Crippen LogP contribution in [0.25, 0.3) is 0 Å². The molecule has 2 unspecified atom stereocenters. The van der Waals surface area contributed by atoms with Crippen LogP contribution in [0.2, 0.25) is 0 Å². The summed E-state index contributed by atoms with van der Waals surface area (Å²) < 4.78 is 11.9. The fourth-order valence-electron chi connectivity index (χ4n) is 1.92. The van der Waals surface area contributed by atoms with Crippen molar-refractivity contribution in [2.24, 2.45) is 5.92 Å². The predicted octanol–water partition coefficient (Wildman–Crippen LogP) is 2.34. The molecule has 1 aromatic rings. The van der Waals surface area contributed by atoms with Crippen molar-refractivity contribution < 1.29 is 9.15 Å². The van der Waals surface area contributed by atoms with Crippen LogP contribution in [0.4, 0.5) is 0 Å². The first-order valence-electron chi connectivity index (χ1n) is 4.81. The van der Waals surface area contributed by atoms with E-state index in [9.17, 15) is 0 Å². The highest BCUT2D eigenvalue weighted by molar-refractivity contribution is 9.10. The van der Waals surface area contributed by atoms with Crippen LogP contribution < -0.4 is 5.32 Å². The van der Waals surface area contributed by atoms with Crippen LogP contribution in [0.1, 0.15) is 18.2 Å². The van der Waals surface area contributed by atoms with Crippen molar-refractivity contribution in [3.8, 4) is 0 Å². The van der Waals surface area contributed by atoms with E-state index >= 15 is 0 Å². The molecule has 2 heterocycles. The van der Waals surface area contributed by atoms with Gasteiger partial charge in [-0.1, -0.05) is 0 Å². The maximum atomic E-state index is 5.46. The van der Waals surface area contributed by atoms with Crippen molar-refractivity contribution in [2.45, 2.75) is 12.5 Å². The molecule has 0 radical (unpaired) electrons. The van der Waals surface area contributed by atoms with E-state index in [1.807, 2.05) is 13.1 Å². The van der Waals surface area contributed by atoms with E-state index in [-0.39, 0.29) is 6.04 Å². The molecule has 4 heteroatoms. The summed E-state index contributed by atoms with van der Waals surface area (Å²) in [4.78, 5) is 0. The fourth-order valence-corrected chi connectivity index (χ4v) is 2.37. The number of ether oxygens (including phenoxy) is 1.